The van der Waals surface area contributed by atoms with Gasteiger partial charge in [0.2, 0.25) is 0 Å². The Morgan fingerprint density at radius 2 is 1.43 bits per heavy atom. The molecule has 0 aliphatic carbocycles. The molecule has 0 bridgehead atoms. The first-order valence-electron chi connectivity index (χ1n) is 1.06. The van der Waals surface area contributed by atoms with Crippen LogP contribution in [0, 0.1) is 0 Å². The van der Waals surface area contributed by atoms with Crippen molar-refractivity contribution in [3.63, 3.8) is 0 Å². The van der Waals surface area contributed by atoms with Gasteiger partial charge in [0.25, 0.3) is 0 Å². The molecule has 40 valence electrons. The van der Waals surface area contributed by atoms with Crippen LogP contribution in [0.2, 0.25) is 0 Å². The Bertz CT molecular complexity index is 84.3. The van der Waals surface area contributed by atoms with Crippen molar-refractivity contribution < 1.29 is 22.0 Å². The maximum atomic E-state index is 8.59. The molecule has 0 heterocycles. The average Bonchev–Trinajstić information content (AvgIpc) is 1.33. The van der Waals surface area contributed by atoms with Crippen molar-refractivity contribution in [1.29, 1.82) is 0 Å². The van der Waals surface area contributed by atoms with E-state index in [1.54, 1.807) is 0 Å². The molecule has 0 aromatic heterocycles. The fourth-order valence-corrected chi connectivity index (χ4v) is 0. The fraction of sp³-hybridized carbons (Fsp3) is 0. The molecule has 0 atom stereocenters. The van der Waals surface area contributed by atoms with Crippen LogP contribution in [0.25, 0.3) is 0 Å². The van der Waals surface area contributed by atoms with Gasteiger partial charge in [-0.1, -0.05) is 0 Å². The summed E-state index contributed by atoms with van der Waals surface area (Å²) in [5.41, 5.74) is 0. The number of rotatable bonds is 0. The van der Waals surface area contributed by atoms with Crippen LogP contribution in [-0.4, -0.2) is 24.5 Å². The topological polar surface area (TPSA) is 91.7 Å². The van der Waals surface area contributed by atoms with E-state index in [4.69, 9.17) is 22.0 Å². The van der Waals surface area contributed by atoms with Crippen molar-refractivity contribution in [3.05, 3.63) is 0 Å². The Morgan fingerprint density at radius 3 is 1.43 bits per heavy atom. The van der Waals surface area contributed by atoms with Gasteiger partial charge in [0.15, 0.2) is 0 Å². The SMILES string of the molecule is O=P(=O)O.[O]=[Al][OH]. The zero-order chi connectivity index (χ0) is 6.28. The molecule has 0 aliphatic rings. The van der Waals surface area contributed by atoms with E-state index in [0.717, 1.165) is 0 Å². The summed E-state index contributed by atoms with van der Waals surface area (Å²) in [4.78, 5) is 7.01. The van der Waals surface area contributed by atoms with Gasteiger partial charge in [0, 0.05) is 0 Å². The van der Waals surface area contributed by atoms with E-state index in [2.05, 4.69) is 0 Å². The van der Waals surface area contributed by atoms with E-state index >= 15 is 0 Å². The quantitative estimate of drug-likeness (QED) is 0.333. The summed E-state index contributed by atoms with van der Waals surface area (Å²) in [6.45, 7) is 0. The molecule has 0 spiro atoms. The van der Waals surface area contributed by atoms with Crippen LogP contribution in [0.1, 0.15) is 0 Å². The van der Waals surface area contributed by atoms with E-state index in [1.807, 2.05) is 0 Å². The molecule has 0 unspecified atom stereocenters. The van der Waals surface area contributed by atoms with Crippen LogP contribution in [0.4, 0.5) is 0 Å². The summed E-state index contributed by atoms with van der Waals surface area (Å²) in [7, 11) is -3.12. The second-order valence-electron chi connectivity index (χ2n) is 0.343. The van der Waals surface area contributed by atoms with Crippen molar-refractivity contribution in [2.75, 3.05) is 0 Å². The zero-order valence-electron chi connectivity index (χ0n) is 3.14. The second-order valence-corrected chi connectivity index (χ2v) is 1.03. The van der Waals surface area contributed by atoms with Gasteiger partial charge in [0.1, 0.15) is 0 Å². The number of hydrogen-bond acceptors (Lipinski definition) is 3. The molecule has 0 amide bonds. The molecule has 2 N–H and O–H groups in total. The van der Waals surface area contributed by atoms with Crippen molar-refractivity contribution >= 4 is 23.4 Å². The normalized spacial score (nSPS) is 4.71. The minimum atomic E-state index is -3.12. The Hall–Kier alpha value is -0.00753. The first-order valence-corrected chi connectivity index (χ1v) is 3.18. The first kappa shape index (κ1) is 10.1. The predicted molar refractivity (Wildman–Crippen MR) is 19.2 cm³/mol. The molecule has 0 radical (unpaired) electrons. The molecule has 0 saturated carbocycles. The molecule has 0 aromatic rings. The van der Waals surface area contributed by atoms with Gasteiger partial charge in [-0.3, -0.25) is 4.89 Å². The van der Waals surface area contributed by atoms with Gasteiger partial charge in [-0.25, -0.2) is 9.13 Å². The first-order chi connectivity index (χ1) is 3.15. The maximum absolute atomic E-state index is 8.59. The van der Waals surface area contributed by atoms with Gasteiger partial charge in [-0.2, -0.15) is 0 Å². The fourth-order valence-electron chi connectivity index (χ4n) is 0. The van der Waals surface area contributed by atoms with Crippen LogP contribution >= 0.6 is 7.91 Å². The summed E-state index contributed by atoms with van der Waals surface area (Å²) < 4.78 is 32.9. The van der Waals surface area contributed by atoms with Gasteiger partial charge in [0.05, 0.1) is 0 Å². The molecular formula is H2AlO5P. The van der Waals surface area contributed by atoms with Gasteiger partial charge in [-0.15, -0.1) is 0 Å². The van der Waals surface area contributed by atoms with Gasteiger partial charge >= 0.3 is 31.4 Å². The van der Waals surface area contributed by atoms with E-state index in [1.165, 1.54) is 0 Å². The molecule has 0 aliphatic heterocycles. The molecule has 0 saturated heterocycles. The van der Waals surface area contributed by atoms with Crippen LogP contribution in [0.5, 0.6) is 0 Å². The minimum absolute atomic E-state index is 1.50. The van der Waals surface area contributed by atoms with Crippen LogP contribution in [-0.2, 0) is 12.9 Å². The third-order valence-electron chi connectivity index (χ3n) is 0. The molecule has 5 nitrogen and oxygen atoms in total. The molecule has 0 aromatic carbocycles. The Morgan fingerprint density at radius 1 is 1.43 bits per heavy atom. The molecule has 7 heteroatoms. The van der Waals surface area contributed by atoms with Crippen LogP contribution in [0.15, 0.2) is 0 Å². The zero-order valence-corrected chi connectivity index (χ0v) is 5.19. The summed E-state index contributed by atoms with van der Waals surface area (Å²) >= 11 is -1.50. The van der Waals surface area contributed by atoms with E-state index in [0.29, 0.717) is 0 Å². The standard InChI is InChI=1S/Al.HO3P.H2O.O/c;1-4(2)3;;/h;(H,1,2,3);1H2;/q+1;;;/p-1. The summed E-state index contributed by atoms with van der Waals surface area (Å²) in [5.74, 6) is 0. The predicted octanol–water partition coefficient (Wildman–Crippen LogP) is -0.990. The van der Waals surface area contributed by atoms with Crippen LogP contribution < -0.4 is 0 Å². The Labute approximate surface area is 46.1 Å². The summed E-state index contributed by atoms with van der Waals surface area (Å²) in [6.07, 6.45) is 0. The molecule has 0 rings (SSSR count). The second kappa shape index (κ2) is 9.37. The van der Waals surface area contributed by atoms with Crippen molar-refractivity contribution in [1.82, 2.24) is 0 Å². The number of hydrogen-bond donors (Lipinski definition) is 2. The Kier molecular flexibility index (Phi) is 13.5. The van der Waals surface area contributed by atoms with Crippen molar-refractivity contribution in [2.24, 2.45) is 0 Å². The summed E-state index contributed by atoms with van der Waals surface area (Å²) in [6, 6.07) is 0. The third kappa shape index (κ3) is 1680000. The van der Waals surface area contributed by atoms with Crippen molar-refractivity contribution in [3.8, 4) is 0 Å². The van der Waals surface area contributed by atoms with E-state index in [9.17, 15) is 0 Å². The monoisotopic (exact) mass is 140 g/mol. The van der Waals surface area contributed by atoms with Crippen molar-refractivity contribution in [2.45, 2.75) is 0 Å². The van der Waals surface area contributed by atoms with Crippen LogP contribution in [0.3, 0.4) is 0 Å². The third-order valence-corrected chi connectivity index (χ3v) is 0. The molecular weight excluding hydrogens is 138 g/mol. The van der Waals surface area contributed by atoms with Gasteiger partial charge < -0.3 is 0 Å². The Balaban J connectivity index is 0. The average molecular weight is 140 g/mol. The summed E-state index contributed by atoms with van der Waals surface area (Å²) in [5, 5.41) is 0. The van der Waals surface area contributed by atoms with E-state index in [-0.39, 0.29) is 0 Å². The molecule has 7 heavy (non-hydrogen) atoms. The van der Waals surface area contributed by atoms with Gasteiger partial charge in [-0.05, 0) is 0 Å². The van der Waals surface area contributed by atoms with E-state index < -0.39 is 23.4 Å². The molecule has 0 fully saturated rings.